The van der Waals surface area contributed by atoms with Gasteiger partial charge in [-0.05, 0) is 18.2 Å². The van der Waals surface area contributed by atoms with Crippen molar-refractivity contribution >= 4 is 32.1 Å². The molecule has 0 amide bonds. The number of nitrogen functional groups attached to an aromatic ring is 2. The van der Waals surface area contributed by atoms with E-state index in [0.29, 0.717) is 16.6 Å². The van der Waals surface area contributed by atoms with E-state index in [9.17, 15) is 8.42 Å². The Morgan fingerprint density at radius 1 is 0.905 bits per heavy atom. The first kappa shape index (κ1) is 13.4. The standard InChI is InChI=1S/C15H13N3O2S/c16-12-8-4-7-11-14(17)13(9-18-15(11)12)21(19,20)10-5-2-1-3-6-10/h1-9H,16H2,(H2,17,18). The molecule has 0 aliphatic rings. The Hall–Kier alpha value is -2.60. The highest BCUT2D eigenvalue weighted by Gasteiger charge is 2.22. The molecule has 0 fully saturated rings. The van der Waals surface area contributed by atoms with Gasteiger partial charge in [0.15, 0.2) is 0 Å². The minimum absolute atomic E-state index is 0.00759. The Labute approximate surface area is 122 Å². The van der Waals surface area contributed by atoms with Crippen molar-refractivity contribution in [3.63, 3.8) is 0 Å². The second-order valence-corrected chi connectivity index (χ2v) is 6.51. The number of aromatic nitrogens is 1. The smallest absolute Gasteiger partial charge is 0.210 e. The highest BCUT2D eigenvalue weighted by atomic mass is 32.2. The molecule has 3 rings (SSSR count). The van der Waals surface area contributed by atoms with E-state index in [1.807, 2.05) is 0 Å². The molecule has 0 saturated heterocycles. The minimum atomic E-state index is -3.70. The monoisotopic (exact) mass is 299 g/mol. The van der Waals surface area contributed by atoms with Gasteiger partial charge < -0.3 is 11.5 Å². The molecule has 5 nitrogen and oxygen atoms in total. The van der Waals surface area contributed by atoms with Crippen molar-refractivity contribution in [2.24, 2.45) is 0 Å². The van der Waals surface area contributed by atoms with E-state index < -0.39 is 9.84 Å². The lowest BCUT2D eigenvalue weighted by Gasteiger charge is -2.10. The van der Waals surface area contributed by atoms with Gasteiger partial charge in [0.1, 0.15) is 4.90 Å². The van der Waals surface area contributed by atoms with E-state index in [4.69, 9.17) is 11.5 Å². The van der Waals surface area contributed by atoms with Crippen LogP contribution in [0.25, 0.3) is 10.9 Å². The zero-order valence-corrected chi connectivity index (χ0v) is 11.8. The third-order valence-electron chi connectivity index (χ3n) is 3.28. The Bertz CT molecular complexity index is 922. The topological polar surface area (TPSA) is 99.1 Å². The Morgan fingerprint density at radius 2 is 1.62 bits per heavy atom. The molecule has 1 heterocycles. The summed E-state index contributed by atoms with van der Waals surface area (Å²) in [5.74, 6) is 0. The molecule has 0 unspecified atom stereocenters. The van der Waals surface area contributed by atoms with Crippen LogP contribution in [0.4, 0.5) is 11.4 Å². The van der Waals surface area contributed by atoms with Crippen LogP contribution in [0.15, 0.2) is 64.5 Å². The summed E-state index contributed by atoms with van der Waals surface area (Å²) in [6.07, 6.45) is 1.26. The molecule has 0 spiro atoms. The molecule has 0 saturated carbocycles. The average molecular weight is 299 g/mol. The maximum absolute atomic E-state index is 12.6. The molecule has 0 atom stereocenters. The molecule has 4 N–H and O–H groups in total. The van der Waals surface area contributed by atoms with Crippen LogP contribution in [-0.4, -0.2) is 13.4 Å². The number of hydrogen-bond acceptors (Lipinski definition) is 5. The lowest BCUT2D eigenvalue weighted by Crippen LogP contribution is -2.07. The summed E-state index contributed by atoms with van der Waals surface area (Å²) in [7, 11) is -3.70. The first-order chi connectivity index (χ1) is 10.0. The molecule has 3 aromatic rings. The highest BCUT2D eigenvalue weighted by molar-refractivity contribution is 7.91. The van der Waals surface area contributed by atoms with Crippen LogP contribution >= 0.6 is 0 Å². The first-order valence-electron chi connectivity index (χ1n) is 6.24. The Balaban J connectivity index is 2.30. The fourth-order valence-electron chi connectivity index (χ4n) is 2.19. The minimum Gasteiger partial charge on any atom is -0.397 e. The lowest BCUT2D eigenvalue weighted by atomic mass is 10.1. The van der Waals surface area contributed by atoms with Crippen molar-refractivity contribution in [2.75, 3.05) is 11.5 Å². The zero-order valence-electron chi connectivity index (χ0n) is 11.0. The fourth-order valence-corrected chi connectivity index (χ4v) is 3.55. The van der Waals surface area contributed by atoms with Crippen molar-refractivity contribution in [3.05, 3.63) is 54.7 Å². The van der Waals surface area contributed by atoms with Crippen LogP contribution in [0, 0.1) is 0 Å². The molecule has 0 radical (unpaired) electrons. The highest BCUT2D eigenvalue weighted by Crippen LogP contribution is 2.32. The molecule has 6 heteroatoms. The second kappa shape index (κ2) is 4.75. The van der Waals surface area contributed by atoms with E-state index in [2.05, 4.69) is 4.98 Å². The number of hydrogen-bond donors (Lipinski definition) is 2. The van der Waals surface area contributed by atoms with Gasteiger partial charge in [0, 0.05) is 11.6 Å². The molecule has 0 bridgehead atoms. The molecule has 106 valence electrons. The SMILES string of the molecule is Nc1c(S(=O)(=O)c2ccccc2)cnc2c(N)cccc12. The number of nitrogens with zero attached hydrogens (tertiary/aromatic N) is 1. The third kappa shape index (κ3) is 2.09. The van der Waals surface area contributed by atoms with E-state index >= 15 is 0 Å². The third-order valence-corrected chi connectivity index (χ3v) is 5.07. The number of sulfone groups is 1. The van der Waals surface area contributed by atoms with E-state index in [1.165, 1.54) is 18.3 Å². The molecule has 1 aromatic heterocycles. The number of rotatable bonds is 2. The summed E-state index contributed by atoms with van der Waals surface area (Å²) in [4.78, 5) is 4.32. The molecule has 0 aliphatic heterocycles. The van der Waals surface area contributed by atoms with Gasteiger partial charge in [-0.3, -0.25) is 4.98 Å². The van der Waals surface area contributed by atoms with Crippen LogP contribution < -0.4 is 11.5 Å². The number of benzene rings is 2. The summed E-state index contributed by atoms with van der Waals surface area (Å²) in [5, 5.41) is 0.534. The summed E-state index contributed by atoms with van der Waals surface area (Å²) in [5.41, 5.74) is 13.0. The summed E-state index contributed by atoms with van der Waals surface area (Å²) in [6.45, 7) is 0. The number of para-hydroxylation sites is 1. The van der Waals surface area contributed by atoms with Gasteiger partial charge in [0.2, 0.25) is 9.84 Å². The number of fused-ring (bicyclic) bond motifs is 1. The molecular weight excluding hydrogens is 286 g/mol. The summed E-state index contributed by atoms with van der Waals surface area (Å²) >= 11 is 0. The van der Waals surface area contributed by atoms with Crippen molar-refractivity contribution in [1.29, 1.82) is 0 Å². The molecule has 2 aromatic carbocycles. The van der Waals surface area contributed by atoms with Crippen molar-refractivity contribution in [3.8, 4) is 0 Å². The van der Waals surface area contributed by atoms with Crippen LogP contribution in [0.1, 0.15) is 0 Å². The van der Waals surface area contributed by atoms with E-state index in [0.717, 1.165) is 0 Å². The van der Waals surface area contributed by atoms with Gasteiger partial charge in [-0.1, -0.05) is 30.3 Å². The molecular formula is C15H13N3O2S. The number of anilines is 2. The summed E-state index contributed by atoms with van der Waals surface area (Å²) in [6, 6.07) is 13.2. The fraction of sp³-hybridized carbons (Fsp3) is 0. The lowest BCUT2D eigenvalue weighted by molar-refractivity contribution is 0.596. The predicted octanol–water partition coefficient (Wildman–Crippen LogP) is 2.23. The maximum atomic E-state index is 12.6. The van der Waals surface area contributed by atoms with Gasteiger partial charge in [0.05, 0.1) is 21.8 Å². The van der Waals surface area contributed by atoms with Crippen LogP contribution in [0.2, 0.25) is 0 Å². The summed E-state index contributed by atoms with van der Waals surface area (Å²) < 4.78 is 25.3. The van der Waals surface area contributed by atoms with Crippen molar-refractivity contribution in [1.82, 2.24) is 4.98 Å². The van der Waals surface area contributed by atoms with Crippen LogP contribution in [0.5, 0.6) is 0 Å². The average Bonchev–Trinajstić information content (AvgIpc) is 2.49. The maximum Gasteiger partial charge on any atom is 0.210 e. The van der Waals surface area contributed by atoms with Crippen LogP contribution in [0.3, 0.4) is 0 Å². The normalized spacial score (nSPS) is 11.6. The van der Waals surface area contributed by atoms with Gasteiger partial charge >= 0.3 is 0 Å². The van der Waals surface area contributed by atoms with Gasteiger partial charge in [0.25, 0.3) is 0 Å². The second-order valence-electron chi connectivity index (χ2n) is 4.60. The number of pyridine rings is 1. The predicted molar refractivity (Wildman–Crippen MR) is 82.5 cm³/mol. The van der Waals surface area contributed by atoms with Gasteiger partial charge in [-0.15, -0.1) is 0 Å². The first-order valence-corrected chi connectivity index (χ1v) is 7.73. The van der Waals surface area contributed by atoms with Crippen molar-refractivity contribution in [2.45, 2.75) is 9.79 Å². The van der Waals surface area contributed by atoms with Gasteiger partial charge in [-0.25, -0.2) is 8.42 Å². The van der Waals surface area contributed by atoms with Gasteiger partial charge in [-0.2, -0.15) is 0 Å². The largest absolute Gasteiger partial charge is 0.397 e. The quantitative estimate of drug-likeness (QED) is 0.707. The molecule has 0 aliphatic carbocycles. The Morgan fingerprint density at radius 3 is 2.33 bits per heavy atom. The van der Waals surface area contributed by atoms with E-state index in [-0.39, 0.29) is 15.5 Å². The zero-order chi connectivity index (χ0) is 15.0. The molecule has 21 heavy (non-hydrogen) atoms. The van der Waals surface area contributed by atoms with E-state index in [1.54, 1.807) is 36.4 Å². The number of nitrogens with two attached hydrogens (primary N) is 2. The van der Waals surface area contributed by atoms with Crippen LogP contribution in [-0.2, 0) is 9.84 Å². The Kier molecular flexibility index (Phi) is 3.03. The van der Waals surface area contributed by atoms with Crippen molar-refractivity contribution < 1.29 is 8.42 Å².